The van der Waals surface area contributed by atoms with Gasteiger partial charge >= 0.3 is 5.97 Å². The Morgan fingerprint density at radius 1 is 1.25 bits per heavy atom. The molecule has 3 rings (SSSR count). The highest BCUT2D eigenvalue weighted by atomic mass is 35.5. The van der Waals surface area contributed by atoms with E-state index in [0.717, 1.165) is 49.7 Å². The second kappa shape index (κ2) is 7.88. The van der Waals surface area contributed by atoms with Gasteiger partial charge in [0, 0.05) is 11.6 Å². The first kappa shape index (κ1) is 17.8. The van der Waals surface area contributed by atoms with Crippen LogP contribution in [0.5, 0.6) is 0 Å². The molecule has 2 aliphatic rings. The second-order valence-corrected chi connectivity index (χ2v) is 7.81. The summed E-state index contributed by atoms with van der Waals surface area (Å²) in [5.41, 5.74) is 0.930. The number of ether oxygens (including phenoxy) is 1. The molecule has 0 unspecified atom stereocenters. The van der Waals surface area contributed by atoms with Gasteiger partial charge in [-0.25, -0.2) is 0 Å². The smallest absolute Gasteiger partial charge is 0.312 e. The van der Waals surface area contributed by atoms with Gasteiger partial charge in [-0.3, -0.25) is 4.79 Å². The lowest BCUT2D eigenvalue weighted by Crippen LogP contribution is -2.46. The molecule has 0 atom stereocenters. The van der Waals surface area contributed by atoms with Crippen molar-refractivity contribution in [3.63, 3.8) is 0 Å². The summed E-state index contributed by atoms with van der Waals surface area (Å²) in [6.45, 7) is 5.63. The fourth-order valence-electron chi connectivity index (χ4n) is 3.70. The second-order valence-electron chi connectivity index (χ2n) is 7.37. The molecule has 0 bridgehead atoms. The lowest BCUT2D eigenvalue weighted by atomic mass is 9.74. The third-order valence-corrected chi connectivity index (χ3v) is 5.79. The molecule has 24 heavy (non-hydrogen) atoms. The zero-order valence-electron chi connectivity index (χ0n) is 14.6. The zero-order valence-corrected chi connectivity index (χ0v) is 15.4. The van der Waals surface area contributed by atoms with E-state index in [9.17, 15) is 4.79 Å². The normalized spacial score (nSPS) is 20.8. The van der Waals surface area contributed by atoms with Crippen LogP contribution in [-0.2, 0) is 16.0 Å². The van der Waals surface area contributed by atoms with E-state index in [0.29, 0.717) is 6.61 Å². The maximum Gasteiger partial charge on any atom is 0.312 e. The van der Waals surface area contributed by atoms with E-state index < -0.39 is 0 Å². The Morgan fingerprint density at radius 2 is 1.92 bits per heavy atom. The van der Waals surface area contributed by atoms with Crippen molar-refractivity contribution >= 4 is 17.6 Å². The number of carbonyl (C=O) groups is 1. The molecule has 1 saturated heterocycles. The van der Waals surface area contributed by atoms with Crippen LogP contribution in [0.4, 0.5) is 0 Å². The first-order valence-electron chi connectivity index (χ1n) is 9.25. The van der Waals surface area contributed by atoms with Crippen molar-refractivity contribution in [2.45, 2.75) is 45.4 Å². The number of halogens is 1. The molecule has 2 fully saturated rings. The number of benzene rings is 1. The van der Waals surface area contributed by atoms with Gasteiger partial charge in [-0.1, -0.05) is 23.7 Å². The fourth-order valence-corrected chi connectivity index (χ4v) is 3.83. The van der Waals surface area contributed by atoms with Gasteiger partial charge in [0.25, 0.3) is 0 Å². The standard InChI is InChI=1S/C20H28ClNO2/c1-2-24-19(23)20(10-9-16-5-7-18(21)8-6-16)11-13-22(14-12-20)15-17-3-4-17/h5-8,17H,2-4,9-15H2,1H3. The van der Waals surface area contributed by atoms with E-state index >= 15 is 0 Å². The van der Waals surface area contributed by atoms with Crippen LogP contribution in [0, 0.1) is 11.3 Å². The van der Waals surface area contributed by atoms with Crippen LogP contribution in [0.3, 0.4) is 0 Å². The van der Waals surface area contributed by atoms with Gasteiger partial charge in [0.15, 0.2) is 0 Å². The molecule has 1 heterocycles. The van der Waals surface area contributed by atoms with E-state index in [1.807, 2.05) is 19.1 Å². The summed E-state index contributed by atoms with van der Waals surface area (Å²) >= 11 is 5.96. The molecule has 0 amide bonds. The highest BCUT2D eigenvalue weighted by Gasteiger charge is 2.42. The summed E-state index contributed by atoms with van der Waals surface area (Å²) in [6.07, 6.45) is 6.38. The van der Waals surface area contributed by atoms with Crippen LogP contribution in [0.25, 0.3) is 0 Å². The number of hydrogen-bond acceptors (Lipinski definition) is 3. The maximum atomic E-state index is 12.7. The Hall–Kier alpha value is -1.06. The van der Waals surface area contributed by atoms with Gasteiger partial charge in [0.05, 0.1) is 12.0 Å². The number of esters is 1. The fraction of sp³-hybridized carbons (Fsp3) is 0.650. The first-order valence-corrected chi connectivity index (χ1v) is 9.63. The van der Waals surface area contributed by atoms with E-state index in [1.54, 1.807) is 0 Å². The SMILES string of the molecule is CCOC(=O)C1(CCc2ccc(Cl)cc2)CCN(CC2CC2)CC1. The molecule has 1 aromatic carbocycles. The van der Waals surface area contributed by atoms with Crippen LogP contribution in [0.15, 0.2) is 24.3 Å². The largest absolute Gasteiger partial charge is 0.466 e. The lowest BCUT2D eigenvalue weighted by molar-refractivity contribution is -0.159. The first-order chi connectivity index (χ1) is 11.6. The number of nitrogens with zero attached hydrogens (tertiary/aromatic N) is 1. The molecule has 0 aromatic heterocycles. The van der Waals surface area contributed by atoms with E-state index in [2.05, 4.69) is 17.0 Å². The zero-order chi connectivity index (χ0) is 17.0. The Kier molecular flexibility index (Phi) is 5.83. The van der Waals surface area contributed by atoms with Gasteiger partial charge in [0.2, 0.25) is 0 Å². The van der Waals surface area contributed by atoms with Crippen molar-refractivity contribution in [1.29, 1.82) is 0 Å². The molecule has 0 radical (unpaired) electrons. The van der Waals surface area contributed by atoms with Gasteiger partial charge in [-0.15, -0.1) is 0 Å². The third kappa shape index (κ3) is 4.52. The molecule has 1 saturated carbocycles. The van der Waals surface area contributed by atoms with Crippen molar-refractivity contribution in [2.24, 2.45) is 11.3 Å². The predicted octanol–water partition coefficient (Wildman–Crippen LogP) is 4.33. The van der Waals surface area contributed by atoms with Crippen LogP contribution in [0.1, 0.15) is 44.6 Å². The molecule has 0 N–H and O–H groups in total. The summed E-state index contributed by atoms with van der Waals surface area (Å²) in [7, 11) is 0. The Labute approximate surface area is 150 Å². The number of piperidine rings is 1. The summed E-state index contributed by atoms with van der Waals surface area (Å²) in [5.74, 6) is 0.916. The summed E-state index contributed by atoms with van der Waals surface area (Å²) < 4.78 is 5.44. The summed E-state index contributed by atoms with van der Waals surface area (Å²) in [4.78, 5) is 15.2. The Balaban J connectivity index is 1.62. The summed E-state index contributed by atoms with van der Waals surface area (Å²) in [5, 5.41) is 0.757. The van der Waals surface area contributed by atoms with Gasteiger partial charge < -0.3 is 9.64 Å². The van der Waals surface area contributed by atoms with E-state index in [4.69, 9.17) is 16.3 Å². The van der Waals surface area contributed by atoms with Crippen molar-refractivity contribution in [2.75, 3.05) is 26.2 Å². The number of aryl methyl sites for hydroxylation is 1. The number of carbonyl (C=O) groups excluding carboxylic acids is 1. The third-order valence-electron chi connectivity index (χ3n) is 5.54. The van der Waals surface area contributed by atoms with Crippen LogP contribution < -0.4 is 0 Å². The highest BCUT2D eigenvalue weighted by molar-refractivity contribution is 6.30. The summed E-state index contributed by atoms with van der Waals surface area (Å²) in [6, 6.07) is 7.96. The molecule has 1 aliphatic heterocycles. The van der Waals surface area contributed by atoms with E-state index in [-0.39, 0.29) is 11.4 Å². The van der Waals surface area contributed by atoms with Crippen molar-refractivity contribution in [1.82, 2.24) is 4.90 Å². The lowest BCUT2D eigenvalue weighted by Gasteiger charge is -2.40. The van der Waals surface area contributed by atoms with Gasteiger partial charge in [-0.05, 0) is 82.2 Å². The molecular formula is C20H28ClNO2. The average Bonchev–Trinajstić information content (AvgIpc) is 3.40. The number of likely N-dealkylation sites (tertiary alicyclic amines) is 1. The quantitative estimate of drug-likeness (QED) is 0.686. The average molecular weight is 350 g/mol. The molecule has 1 aliphatic carbocycles. The van der Waals surface area contributed by atoms with Crippen LogP contribution in [0.2, 0.25) is 5.02 Å². The molecule has 0 spiro atoms. The number of hydrogen-bond donors (Lipinski definition) is 0. The van der Waals surface area contributed by atoms with Crippen molar-refractivity contribution in [3.8, 4) is 0 Å². The minimum absolute atomic E-state index is 0.00466. The topological polar surface area (TPSA) is 29.5 Å². The minimum atomic E-state index is -0.310. The van der Waals surface area contributed by atoms with Crippen LogP contribution >= 0.6 is 11.6 Å². The van der Waals surface area contributed by atoms with E-state index in [1.165, 1.54) is 24.9 Å². The Morgan fingerprint density at radius 3 is 2.50 bits per heavy atom. The highest BCUT2D eigenvalue weighted by Crippen LogP contribution is 2.39. The minimum Gasteiger partial charge on any atom is -0.466 e. The Bertz CT molecular complexity index is 545. The van der Waals surface area contributed by atoms with Crippen molar-refractivity contribution in [3.05, 3.63) is 34.9 Å². The maximum absolute atomic E-state index is 12.7. The van der Waals surface area contributed by atoms with Gasteiger partial charge in [-0.2, -0.15) is 0 Å². The van der Waals surface area contributed by atoms with Crippen LogP contribution in [-0.4, -0.2) is 37.1 Å². The molecule has 132 valence electrons. The molecule has 3 nitrogen and oxygen atoms in total. The number of rotatable bonds is 7. The van der Waals surface area contributed by atoms with Gasteiger partial charge in [0.1, 0.15) is 0 Å². The van der Waals surface area contributed by atoms with Crippen molar-refractivity contribution < 1.29 is 9.53 Å². The molecule has 1 aromatic rings. The molecule has 4 heteroatoms. The predicted molar refractivity (Wildman–Crippen MR) is 97.2 cm³/mol. The molecular weight excluding hydrogens is 322 g/mol. The monoisotopic (exact) mass is 349 g/mol.